The van der Waals surface area contributed by atoms with Crippen molar-refractivity contribution in [2.24, 2.45) is 5.41 Å². The molecule has 0 atom stereocenters. The molecule has 3 aliphatic carbocycles. The summed E-state index contributed by atoms with van der Waals surface area (Å²) in [5, 5.41) is 0. The predicted octanol–water partition coefficient (Wildman–Crippen LogP) is 4.47. The highest BCUT2D eigenvalue weighted by Gasteiger charge is 2.47. The van der Waals surface area contributed by atoms with E-state index < -0.39 is 12.7 Å². The molecule has 0 radical (unpaired) electrons. The first-order valence-corrected chi connectivity index (χ1v) is 8.19. The average molecular weight is 306 g/mol. The van der Waals surface area contributed by atoms with Gasteiger partial charge in [0.15, 0.2) is 5.78 Å². The van der Waals surface area contributed by atoms with E-state index in [1.807, 2.05) is 0 Å². The van der Waals surface area contributed by atoms with Crippen LogP contribution in [0.25, 0.3) is 0 Å². The number of carbonyl (C=O) groups excluding carboxylic acids is 1. The van der Waals surface area contributed by atoms with Gasteiger partial charge >= 0.3 is 6.61 Å². The van der Waals surface area contributed by atoms with Crippen LogP contribution < -0.4 is 0 Å². The molecule has 0 saturated heterocycles. The van der Waals surface area contributed by atoms with E-state index in [1.54, 1.807) is 0 Å². The molecule has 0 unspecified atom stereocenters. The van der Waals surface area contributed by atoms with Crippen molar-refractivity contribution < 1.29 is 18.3 Å². The Balaban J connectivity index is 1.52. The van der Waals surface area contributed by atoms with Gasteiger partial charge in [0.1, 0.15) is 0 Å². The van der Waals surface area contributed by atoms with Gasteiger partial charge in [-0.2, -0.15) is 8.78 Å². The van der Waals surface area contributed by atoms with Gasteiger partial charge in [0.05, 0.1) is 6.10 Å². The van der Waals surface area contributed by atoms with Gasteiger partial charge in [0.25, 0.3) is 0 Å². The Morgan fingerprint density at radius 1 is 1.14 bits per heavy atom. The fourth-order valence-corrected chi connectivity index (χ4v) is 4.19. The number of ketones is 1. The van der Waals surface area contributed by atoms with Crippen LogP contribution in [0.1, 0.15) is 65.9 Å². The molecule has 0 amide bonds. The topological polar surface area (TPSA) is 26.3 Å². The van der Waals surface area contributed by atoms with Gasteiger partial charge < -0.3 is 4.74 Å². The molecule has 4 rings (SSSR count). The van der Waals surface area contributed by atoms with Crippen LogP contribution in [0, 0.1) is 5.41 Å². The molecule has 2 nitrogen and oxygen atoms in total. The summed E-state index contributed by atoms with van der Waals surface area (Å²) >= 11 is 0. The molecule has 0 bridgehead atoms. The van der Waals surface area contributed by atoms with E-state index >= 15 is 0 Å². The lowest BCUT2D eigenvalue weighted by Gasteiger charge is -2.35. The SMILES string of the molecule is O=C1c2cc(C3CC3)ccc2CC12CCC(OC(F)F)CC2. The Morgan fingerprint density at radius 2 is 1.86 bits per heavy atom. The Bertz CT molecular complexity index is 599. The molecule has 22 heavy (non-hydrogen) atoms. The summed E-state index contributed by atoms with van der Waals surface area (Å²) < 4.78 is 29.3. The van der Waals surface area contributed by atoms with Gasteiger partial charge in [-0.15, -0.1) is 0 Å². The number of benzene rings is 1. The molecular weight excluding hydrogens is 286 g/mol. The molecule has 1 aromatic rings. The lowest BCUT2D eigenvalue weighted by molar-refractivity contribution is -0.173. The van der Waals surface area contributed by atoms with Crippen LogP contribution in [-0.2, 0) is 11.2 Å². The first kappa shape index (κ1) is 14.3. The molecule has 0 heterocycles. The number of rotatable bonds is 3. The van der Waals surface area contributed by atoms with Crippen LogP contribution in [-0.4, -0.2) is 18.5 Å². The molecule has 1 spiro atoms. The monoisotopic (exact) mass is 306 g/mol. The Hall–Kier alpha value is -1.29. The van der Waals surface area contributed by atoms with Crippen molar-refractivity contribution in [2.75, 3.05) is 0 Å². The molecule has 0 aliphatic heterocycles. The van der Waals surface area contributed by atoms with Crippen molar-refractivity contribution >= 4 is 5.78 Å². The van der Waals surface area contributed by atoms with Crippen LogP contribution in [0.5, 0.6) is 0 Å². The Kier molecular flexibility index (Phi) is 3.33. The van der Waals surface area contributed by atoms with Crippen LogP contribution in [0.2, 0.25) is 0 Å². The minimum absolute atomic E-state index is 0.237. The van der Waals surface area contributed by atoms with E-state index in [0.717, 1.165) is 17.5 Å². The summed E-state index contributed by atoms with van der Waals surface area (Å²) in [6, 6.07) is 6.36. The van der Waals surface area contributed by atoms with Crippen molar-refractivity contribution in [1.29, 1.82) is 0 Å². The van der Waals surface area contributed by atoms with E-state index in [1.165, 1.54) is 18.4 Å². The second kappa shape index (κ2) is 5.12. The van der Waals surface area contributed by atoms with Crippen molar-refractivity contribution in [3.63, 3.8) is 0 Å². The van der Waals surface area contributed by atoms with Gasteiger partial charge in [-0.05, 0) is 68.1 Å². The standard InChI is InChI=1S/C18H20F2O2/c19-17(20)22-14-5-7-18(8-6-14)10-13-4-3-12(11-1-2-11)9-15(13)16(18)21/h3-4,9,11,14,17H,1-2,5-8,10H2. The number of fused-ring (bicyclic) bond motifs is 1. The van der Waals surface area contributed by atoms with Crippen LogP contribution in [0.3, 0.4) is 0 Å². The summed E-state index contributed by atoms with van der Waals surface area (Å²) in [5.41, 5.74) is 2.96. The quantitative estimate of drug-likeness (QED) is 0.823. The first-order chi connectivity index (χ1) is 10.6. The maximum absolute atomic E-state index is 12.9. The zero-order valence-corrected chi connectivity index (χ0v) is 12.5. The highest BCUT2D eigenvalue weighted by atomic mass is 19.3. The normalized spacial score (nSPS) is 31.0. The summed E-state index contributed by atoms with van der Waals surface area (Å²) in [6.07, 6.45) is 5.26. The zero-order chi connectivity index (χ0) is 15.3. The third kappa shape index (κ3) is 2.37. The van der Waals surface area contributed by atoms with Gasteiger partial charge in [-0.3, -0.25) is 4.79 Å². The maximum Gasteiger partial charge on any atom is 0.345 e. The van der Waals surface area contributed by atoms with Crippen molar-refractivity contribution in [3.8, 4) is 0 Å². The number of halogens is 2. The fourth-order valence-electron chi connectivity index (χ4n) is 4.19. The average Bonchev–Trinajstić information content (AvgIpc) is 3.30. The third-order valence-electron chi connectivity index (χ3n) is 5.62. The summed E-state index contributed by atoms with van der Waals surface area (Å²) in [5.74, 6) is 0.880. The second-order valence-corrected chi connectivity index (χ2v) is 7.07. The van der Waals surface area contributed by atoms with Gasteiger partial charge in [-0.25, -0.2) is 0 Å². The van der Waals surface area contributed by atoms with Crippen molar-refractivity contribution in [1.82, 2.24) is 0 Å². The van der Waals surface area contributed by atoms with Crippen molar-refractivity contribution in [3.05, 3.63) is 34.9 Å². The van der Waals surface area contributed by atoms with E-state index in [2.05, 4.69) is 22.9 Å². The predicted molar refractivity (Wildman–Crippen MR) is 78.2 cm³/mol. The minimum atomic E-state index is -2.71. The van der Waals surface area contributed by atoms with Gasteiger partial charge in [0.2, 0.25) is 0 Å². The smallest absolute Gasteiger partial charge is 0.320 e. The van der Waals surface area contributed by atoms with E-state index in [4.69, 9.17) is 0 Å². The summed E-state index contributed by atoms with van der Waals surface area (Å²) in [7, 11) is 0. The highest BCUT2D eigenvalue weighted by molar-refractivity contribution is 6.05. The lowest BCUT2D eigenvalue weighted by Crippen LogP contribution is -2.36. The third-order valence-corrected chi connectivity index (χ3v) is 5.62. The number of ether oxygens (including phenoxy) is 1. The number of carbonyl (C=O) groups is 1. The number of alkyl halides is 2. The van der Waals surface area contributed by atoms with Gasteiger partial charge in [-0.1, -0.05) is 12.1 Å². The van der Waals surface area contributed by atoms with Crippen LogP contribution >= 0.6 is 0 Å². The molecule has 3 aliphatic rings. The molecule has 0 aromatic heterocycles. The molecule has 2 fully saturated rings. The Morgan fingerprint density at radius 3 is 2.50 bits per heavy atom. The number of hydrogen-bond donors (Lipinski definition) is 0. The molecule has 4 heteroatoms. The number of hydrogen-bond acceptors (Lipinski definition) is 2. The fraction of sp³-hybridized carbons (Fsp3) is 0.611. The Labute approximate surface area is 128 Å². The van der Waals surface area contributed by atoms with Crippen LogP contribution in [0.15, 0.2) is 18.2 Å². The second-order valence-electron chi connectivity index (χ2n) is 7.07. The largest absolute Gasteiger partial charge is 0.345 e. The van der Waals surface area contributed by atoms with Crippen LogP contribution in [0.4, 0.5) is 8.78 Å². The highest BCUT2D eigenvalue weighted by Crippen LogP contribution is 2.49. The summed E-state index contributed by atoms with van der Waals surface area (Å²) in [6.45, 7) is -2.71. The molecule has 118 valence electrons. The lowest BCUT2D eigenvalue weighted by atomic mass is 9.70. The summed E-state index contributed by atoms with van der Waals surface area (Å²) in [4.78, 5) is 12.9. The molecule has 0 N–H and O–H groups in total. The van der Waals surface area contributed by atoms with Gasteiger partial charge in [0, 0.05) is 11.0 Å². The maximum atomic E-state index is 12.9. The number of Topliss-reactive ketones (excluding diaryl/α,β-unsaturated/α-hetero) is 1. The van der Waals surface area contributed by atoms with Crippen molar-refractivity contribution in [2.45, 2.75) is 63.6 Å². The van der Waals surface area contributed by atoms with E-state index in [-0.39, 0.29) is 11.2 Å². The zero-order valence-electron chi connectivity index (χ0n) is 12.5. The van der Waals surface area contributed by atoms with E-state index in [0.29, 0.717) is 31.6 Å². The molecule has 1 aromatic carbocycles. The first-order valence-electron chi connectivity index (χ1n) is 8.19. The molecule has 2 saturated carbocycles. The molecular formula is C18H20F2O2. The van der Waals surface area contributed by atoms with E-state index in [9.17, 15) is 13.6 Å². The minimum Gasteiger partial charge on any atom is -0.320 e.